The standard InChI is InChI=1S/C22H27N3O3S/c1-3-29-22-19(24-25-23)21(27-15-18-12-8-5-9-13-18)20(16(2)28-22)26-14-17-10-6-4-7-11-17/h4-13,16,19-22H,3,14-15H2,1-2H3/t16-,19-,20+,21-,22+/m1/s1. The second kappa shape index (κ2) is 11.2. The summed E-state index contributed by atoms with van der Waals surface area (Å²) in [7, 11) is 0. The predicted molar refractivity (Wildman–Crippen MR) is 115 cm³/mol. The first-order valence-electron chi connectivity index (χ1n) is 9.85. The molecule has 0 amide bonds. The van der Waals surface area contributed by atoms with E-state index in [1.807, 2.05) is 67.6 Å². The Balaban J connectivity index is 1.80. The molecule has 1 aliphatic heterocycles. The van der Waals surface area contributed by atoms with Crippen molar-refractivity contribution >= 4 is 11.8 Å². The van der Waals surface area contributed by atoms with Crippen molar-refractivity contribution < 1.29 is 14.2 Å². The van der Waals surface area contributed by atoms with E-state index in [-0.39, 0.29) is 17.6 Å². The van der Waals surface area contributed by atoms with E-state index in [9.17, 15) is 0 Å². The van der Waals surface area contributed by atoms with Crippen molar-refractivity contribution in [2.75, 3.05) is 5.75 Å². The number of rotatable bonds is 9. The van der Waals surface area contributed by atoms with Crippen LogP contribution >= 0.6 is 11.8 Å². The first-order valence-corrected chi connectivity index (χ1v) is 10.9. The van der Waals surface area contributed by atoms with Gasteiger partial charge in [-0.15, -0.1) is 11.8 Å². The Morgan fingerprint density at radius 3 is 2.03 bits per heavy atom. The van der Waals surface area contributed by atoms with Gasteiger partial charge in [-0.1, -0.05) is 72.7 Å². The second-order valence-corrected chi connectivity index (χ2v) is 8.26. The Kier molecular flexibility index (Phi) is 8.40. The summed E-state index contributed by atoms with van der Waals surface area (Å²) in [5.41, 5.74) is 11.0. The molecule has 0 bridgehead atoms. The van der Waals surface area contributed by atoms with Gasteiger partial charge in [-0.2, -0.15) is 0 Å². The molecule has 0 radical (unpaired) electrons. The molecule has 5 atom stereocenters. The fourth-order valence-corrected chi connectivity index (χ4v) is 4.41. The average Bonchev–Trinajstić information content (AvgIpc) is 2.75. The molecule has 0 aliphatic carbocycles. The quantitative estimate of drug-likeness (QED) is 0.316. The third-order valence-electron chi connectivity index (χ3n) is 4.84. The van der Waals surface area contributed by atoms with Crippen molar-refractivity contribution in [2.24, 2.45) is 5.11 Å². The van der Waals surface area contributed by atoms with Gasteiger partial charge < -0.3 is 14.2 Å². The fraction of sp³-hybridized carbons (Fsp3) is 0.455. The molecule has 3 rings (SSSR count). The number of hydrogen-bond acceptors (Lipinski definition) is 5. The SMILES string of the molecule is CCS[C@@H]1O[C@H](C)[C@H](OCc2ccccc2)[C@H](OCc2ccccc2)[C@H]1N=[N+]=[N-]. The van der Waals surface area contributed by atoms with Crippen LogP contribution in [-0.2, 0) is 27.4 Å². The van der Waals surface area contributed by atoms with E-state index in [0.29, 0.717) is 13.2 Å². The van der Waals surface area contributed by atoms with E-state index >= 15 is 0 Å². The predicted octanol–water partition coefficient (Wildman–Crippen LogP) is 5.33. The van der Waals surface area contributed by atoms with Gasteiger partial charge in [-0.3, -0.25) is 0 Å². The average molecular weight is 414 g/mol. The van der Waals surface area contributed by atoms with Crippen LogP contribution in [0.3, 0.4) is 0 Å². The molecule has 2 aromatic carbocycles. The first-order chi connectivity index (χ1) is 14.2. The van der Waals surface area contributed by atoms with Crippen LogP contribution in [0.15, 0.2) is 65.8 Å². The Bertz CT molecular complexity index is 786. The Morgan fingerprint density at radius 2 is 1.52 bits per heavy atom. The summed E-state index contributed by atoms with van der Waals surface area (Å²) in [6.45, 7) is 4.91. The third kappa shape index (κ3) is 5.98. The summed E-state index contributed by atoms with van der Waals surface area (Å²) in [5, 5.41) is 4.05. The summed E-state index contributed by atoms with van der Waals surface area (Å²) in [5.74, 6) is 0.857. The van der Waals surface area contributed by atoms with Crippen LogP contribution in [0.4, 0.5) is 0 Å². The molecular formula is C22H27N3O3S. The molecule has 1 saturated heterocycles. The summed E-state index contributed by atoms with van der Waals surface area (Å²) >= 11 is 1.62. The van der Waals surface area contributed by atoms with Gasteiger partial charge >= 0.3 is 0 Å². The van der Waals surface area contributed by atoms with Gasteiger partial charge in [0.25, 0.3) is 0 Å². The largest absolute Gasteiger partial charge is 0.370 e. The molecule has 1 fully saturated rings. The summed E-state index contributed by atoms with van der Waals surface area (Å²) in [4.78, 5) is 3.07. The van der Waals surface area contributed by atoms with Crippen molar-refractivity contribution in [3.63, 3.8) is 0 Å². The van der Waals surface area contributed by atoms with E-state index in [1.165, 1.54) is 0 Å². The minimum atomic E-state index is -0.467. The highest BCUT2D eigenvalue weighted by Crippen LogP contribution is 2.34. The number of benzene rings is 2. The lowest BCUT2D eigenvalue weighted by molar-refractivity contribution is -0.193. The van der Waals surface area contributed by atoms with Crippen molar-refractivity contribution in [3.8, 4) is 0 Å². The molecule has 2 aromatic rings. The van der Waals surface area contributed by atoms with E-state index in [2.05, 4.69) is 16.9 Å². The van der Waals surface area contributed by atoms with Crippen LogP contribution in [0.1, 0.15) is 25.0 Å². The molecule has 0 unspecified atom stereocenters. The molecule has 0 aromatic heterocycles. The van der Waals surface area contributed by atoms with Crippen molar-refractivity contribution in [1.29, 1.82) is 0 Å². The number of ether oxygens (including phenoxy) is 3. The van der Waals surface area contributed by atoms with Crippen molar-refractivity contribution in [2.45, 2.75) is 56.9 Å². The minimum Gasteiger partial charge on any atom is -0.370 e. The van der Waals surface area contributed by atoms with E-state index in [1.54, 1.807) is 11.8 Å². The normalized spacial score (nSPS) is 26.6. The maximum atomic E-state index is 9.16. The molecular weight excluding hydrogens is 386 g/mol. The van der Waals surface area contributed by atoms with Crippen LogP contribution in [0.2, 0.25) is 0 Å². The lowest BCUT2D eigenvalue weighted by Gasteiger charge is -2.43. The molecule has 7 heteroatoms. The first kappa shape index (κ1) is 21.7. The van der Waals surface area contributed by atoms with Gasteiger partial charge in [-0.05, 0) is 29.3 Å². The smallest absolute Gasteiger partial charge is 0.114 e. The van der Waals surface area contributed by atoms with Crippen LogP contribution in [0.25, 0.3) is 10.4 Å². The zero-order valence-electron chi connectivity index (χ0n) is 16.8. The van der Waals surface area contributed by atoms with Crippen LogP contribution in [0.5, 0.6) is 0 Å². The monoisotopic (exact) mass is 413 g/mol. The minimum absolute atomic E-state index is 0.186. The van der Waals surface area contributed by atoms with Gasteiger partial charge in [-0.25, -0.2) is 0 Å². The van der Waals surface area contributed by atoms with E-state index < -0.39 is 12.1 Å². The molecule has 0 saturated carbocycles. The highest BCUT2D eigenvalue weighted by Gasteiger charge is 2.45. The summed E-state index contributed by atoms with van der Waals surface area (Å²) < 4.78 is 18.7. The molecule has 154 valence electrons. The molecule has 1 heterocycles. The van der Waals surface area contributed by atoms with Gasteiger partial charge in [0.05, 0.1) is 25.4 Å². The van der Waals surface area contributed by atoms with E-state index in [4.69, 9.17) is 19.7 Å². The van der Waals surface area contributed by atoms with Crippen LogP contribution in [-0.4, -0.2) is 35.5 Å². The Morgan fingerprint density at radius 1 is 0.966 bits per heavy atom. The molecule has 1 aliphatic rings. The van der Waals surface area contributed by atoms with Gasteiger partial charge in [0.15, 0.2) is 0 Å². The molecule has 29 heavy (non-hydrogen) atoms. The fourth-order valence-electron chi connectivity index (χ4n) is 3.42. The molecule has 0 spiro atoms. The maximum Gasteiger partial charge on any atom is 0.114 e. The van der Waals surface area contributed by atoms with Crippen LogP contribution in [0, 0.1) is 0 Å². The maximum absolute atomic E-state index is 9.16. The van der Waals surface area contributed by atoms with E-state index in [0.717, 1.165) is 16.9 Å². The van der Waals surface area contributed by atoms with Crippen molar-refractivity contribution in [1.82, 2.24) is 0 Å². The summed E-state index contributed by atoms with van der Waals surface area (Å²) in [6.07, 6.45) is -0.931. The Labute approximate surface area is 176 Å². The van der Waals surface area contributed by atoms with Gasteiger partial charge in [0.2, 0.25) is 0 Å². The number of azide groups is 1. The van der Waals surface area contributed by atoms with Crippen LogP contribution < -0.4 is 0 Å². The molecule has 0 N–H and O–H groups in total. The summed E-state index contributed by atoms with van der Waals surface area (Å²) in [6, 6.07) is 19.5. The Hall–Kier alpha value is -2.02. The van der Waals surface area contributed by atoms with Crippen molar-refractivity contribution in [3.05, 3.63) is 82.2 Å². The van der Waals surface area contributed by atoms with Gasteiger partial charge in [0.1, 0.15) is 17.6 Å². The third-order valence-corrected chi connectivity index (χ3v) is 5.89. The second-order valence-electron chi connectivity index (χ2n) is 6.88. The van der Waals surface area contributed by atoms with Gasteiger partial charge in [0, 0.05) is 4.91 Å². The highest BCUT2D eigenvalue weighted by molar-refractivity contribution is 7.99. The zero-order chi connectivity index (χ0) is 20.5. The topological polar surface area (TPSA) is 76.5 Å². The lowest BCUT2D eigenvalue weighted by atomic mass is 9.98. The number of nitrogens with zero attached hydrogens (tertiary/aromatic N) is 3. The highest BCUT2D eigenvalue weighted by atomic mass is 32.2. The lowest BCUT2D eigenvalue weighted by Crippen LogP contribution is -2.56. The molecule has 6 nitrogen and oxygen atoms in total. The zero-order valence-corrected chi connectivity index (χ0v) is 17.6. The number of thioether (sulfide) groups is 1. The number of hydrogen-bond donors (Lipinski definition) is 0.